The highest BCUT2D eigenvalue weighted by Crippen LogP contribution is 2.39. The molecule has 33 heavy (non-hydrogen) atoms. The Kier molecular flexibility index (Phi) is 5.51. The van der Waals surface area contributed by atoms with Crippen molar-refractivity contribution in [2.75, 3.05) is 0 Å². The van der Waals surface area contributed by atoms with Crippen LogP contribution in [0.15, 0.2) is 94.7 Å². The van der Waals surface area contributed by atoms with Gasteiger partial charge >= 0.3 is 5.69 Å². The molecule has 0 saturated carbocycles. The zero-order chi connectivity index (χ0) is 22.8. The summed E-state index contributed by atoms with van der Waals surface area (Å²) in [6, 6.07) is 20.8. The standard InChI is InChI=1S/C23H16N4O5S/c28-26-14-24-13-19-23(26)33-22(25-19)15-6-11-21(20(12-15)27(29)30)32-18-9-7-17(8-10-18)31-16-4-2-1-3-5-16/h1-14,23,28H. The number of ether oxygens (including phenoxy) is 2. The number of hydrogen-bond acceptors (Lipinski definition) is 9. The second-order valence-corrected chi connectivity index (χ2v) is 8.08. The summed E-state index contributed by atoms with van der Waals surface area (Å²) in [6.07, 6.45) is 2.84. The van der Waals surface area contributed by atoms with E-state index in [0.717, 1.165) is 5.06 Å². The van der Waals surface area contributed by atoms with Gasteiger partial charge in [-0.2, -0.15) is 0 Å². The fourth-order valence-corrected chi connectivity index (χ4v) is 4.25. The van der Waals surface area contributed by atoms with Crippen LogP contribution in [0.25, 0.3) is 0 Å². The smallest absolute Gasteiger partial charge is 0.312 e. The first-order valence-electron chi connectivity index (χ1n) is 9.82. The lowest BCUT2D eigenvalue weighted by Crippen LogP contribution is -2.29. The lowest BCUT2D eigenvalue weighted by molar-refractivity contribution is -0.385. The molecule has 164 valence electrons. The van der Waals surface area contributed by atoms with Crippen molar-refractivity contribution in [3.05, 3.63) is 100 Å². The van der Waals surface area contributed by atoms with E-state index in [1.807, 2.05) is 30.3 Å². The van der Waals surface area contributed by atoms with Gasteiger partial charge in [0.05, 0.1) is 16.8 Å². The van der Waals surface area contributed by atoms with Crippen molar-refractivity contribution in [3.63, 3.8) is 0 Å². The Bertz CT molecular complexity index is 1290. The molecule has 5 rings (SSSR count). The fourth-order valence-electron chi connectivity index (χ4n) is 3.22. The average molecular weight is 460 g/mol. The van der Waals surface area contributed by atoms with Gasteiger partial charge in [0.2, 0.25) is 5.75 Å². The van der Waals surface area contributed by atoms with Crippen molar-refractivity contribution < 1.29 is 19.6 Å². The van der Waals surface area contributed by atoms with Crippen LogP contribution < -0.4 is 9.47 Å². The summed E-state index contributed by atoms with van der Waals surface area (Å²) in [5, 5.41) is 22.7. The Balaban J connectivity index is 1.35. The van der Waals surface area contributed by atoms with Crippen molar-refractivity contribution in [3.8, 4) is 23.0 Å². The highest BCUT2D eigenvalue weighted by Gasteiger charge is 2.32. The monoisotopic (exact) mass is 460 g/mol. The summed E-state index contributed by atoms with van der Waals surface area (Å²) in [7, 11) is 0. The molecule has 0 aliphatic carbocycles. The molecule has 0 amide bonds. The van der Waals surface area contributed by atoms with Gasteiger partial charge in [0.15, 0.2) is 5.37 Å². The Hall–Kier alpha value is -4.15. The first-order chi connectivity index (χ1) is 16.1. The zero-order valence-corrected chi connectivity index (χ0v) is 17.8. The fraction of sp³-hybridized carbons (Fsp3) is 0.0435. The summed E-state index contributed by atoms with van der Waals surface area (Å²) < 4.78 is 11.5. The quantitative estimate of drug-likeness (QED) is 0.378. The SMILES string of the molecule is O=[N+]([O-])c1cc(C2=NC3=CN=CN(O)C3S2)ccc1Oc1ccc(Oc2ccccc2)cc1. The van der Waals surface area contributed by atoms with Gasteiger partial charge in [-0.05, 0) is 48.5 Å². The Morgan fingerprint density at radius 1 is 0.970 bits per heavy atom. The second-order valence-electron chi connectivity index (χ2n) is 7.01. The number of hydroxylamine groups is 2. The number of benzene rings is 3. The topological polar surface area (TPSA) is 110 Å². The van der Waals surface area contributed by atoms with Crippen molar-refractivity contribution in [1.82, 2.24) is 5.06 Å². The number of fused-ring (bicyclic) bond motifs is 1. The van der Waals surface area contributed by atoms with Crippen LogP contribution in [0, 0.1) is 10.1 Å². The molecule has 9 nitrogen and oxygen atoms in total. The van der Waals surface area contributed by atoms with Crippen LogP contribution in [-0.4, -0.2) is 31.9 Å². The molecule has 0 bridgehead atoms. The minimum atomic E-state index is -0.500. The van der Waals surface area contributed by atoms with Gasteiger partial charge in [-0.25, -0.2) is 15.0 Å². The third kappa shape index (κ3) is 4.43. The minimum absolute atomic E-state index is 0.104. The molecule has 1 unspecified atom stereocenters. The molecule has 0 radical (unpaired) electrons. The number of rotatable bonds is 6. The first kappa shape index (κ1) is 20.7. The van der Waals surface area contributed by atoms with E-state index in [9.17, 15) is 15.3 Å². The molecular formula is C23H16N4O5S. The van der Waals surface area contributed by atoms with E-state index in [2.05, 4.69) is 9.98 Å². The average Bonchev–Trinajstić information content (AvgIpc) is 3.27. The van der Waals surface area contributed by atoms with Gasteiger partial charge in [0.25, 0.3) is 0 Å². The van der Waals surface area contributed by atoms with Crippen LogP contribution in [0.1, 0.15) is 5.56 Å². The minimum Gasteiger partial charge on any atom is -0.457 e. The molecule has 1 N–H and O–H groups in total. The van der Waals surface area contributed by atoms with Crippen LogP contribution in [0.4, 0.5) is 5.69 Å². The molecule has 1 atom stereocenters. The lowest BCUT2D eigenvalue weighted by atomic mass is 10.2. The van der Waals surface area contributed by atoms with Gasteiger partial charge < -0.3 is 9.47 Å². The number of hydrogen-bond donors (Lipinski definition) is 1. The summed E-state index contributed by atoms with van der Waals surface area (Å²) in [6.45, 7) is 0. The predicted molar refractivity (Wildman–Crippen MR) is 124 cm³/mol. The van der Waals surface area contributed by atoms with Gasteiger partial charge in [-0.3, -0.25) is 15.3 Å². The van der Waals surface area contributed by atoms with E-state index in [0.29, 0.717) is 33.6 Å². The van der Waals surface area contributed by atoms with E-state index >= 15 is 0 Å². The summed E-state index contributed by atoms with van der Waals surface area (Å²) in [5.74, 6) is 1.86. The van der Waals surface area contributed by atoms with Gasteiger partial charge in [-0.15, -0.1) is 0 Å². The molecule has 0 aromatic heterocycles. The predicted octanol–water partition coefficient (Wildman–Crippen LogP) is 5.57. The van der Waals surface area contributed by atoms with E-state index in [-0.39, 0.29) is 11.4 Å². The number of thioether (sulfide) groups is 1. The van der Waals surface area contributed by atoms with Crippen molar-refractivity contribution >= 4 is 28.8 Å². The number of nitro groups is 1. The number of para-hydroxylation sites is 1. The molecule has 2 aliphatic heterocycles. The number of aliphatic imine (C=N–C) groups is 2. The van der Waals surface area contributed by atoms with E-state index in [1.165, 1.54) is 30.2 Å². The van der Waals surface area contributed by atoms with Crippen molar-refractivity contribution in [2.24, 2.45) is 9.98 Å². The van der Waals surface area contributed by atoms with Crippen LogP contribution >= 0.6 is 11.8 Å². The van der Waals surface area contributed by atoms with Gasteiger partial charge in [-0.1, -0.05) is 30.0 Å². The maximum atomic E-state index is 11.7. The summed E-state index contributed by atoms with van der Waals surface area (Å²) in [5.41, 5.74) is 0.927. The molecule has 3 aromatic carbocycles. The highest BCUT2D eigenvalue weighted by molar-refractivity contribution is 8.15. The molecular weight excluding hydrogens is 444 g/mol. The summed E-state index contributed by atoms with van der Waals surface area (Å²) in [4.78, 5) is 19.6. The maximum absolute atomic E-state index is 11.7. The Morgan fingerprint density at radius 2 is 1.67 bits per heavy atom. The molecule has 2 heterocycles. The zero-order valence-electron chi connectivity index (χ0n) is 16.9. The van der Waals surface area contributed by atoms with Gasteiger partial charge in [0.1, 0.15) is 28.6 Å². The maximum Gasteiger partial charge on any atom is 0.312 e. The molecule has 0 saturated heterocycles. The molecule has 0 fully saturated rings. The normalized spacial score (nSPS) is 16.6. The Labute approximate surface area is 192 Å². The number of nitro benzene ring substituents is 1. The number of nitrogens with zero attached hydrogens (tertiary/aromatic N) is 4. The third-order valence-corrected chi connectivity index (χ3v) is 6.00. The van der Waals surface area contributed by atoms with Crippen LogP contribution in [0.3, 0.4) is 0 Å². The van der Waals surface area contributed by atoms with E-state index < -0.39 is 10.3 Å². The van der Waals surface area contributed by atoms with Crippen LogP contribution in [0.5, 0.6) is 23.0 Å². The first-order valence-corrected chi connectivity index (χ1v) is 10.7. The van der Waals surface area contributed by atoms with Crippen LogP contribution in [-0.2, 0) is 0 Å². The second kappa shape index (κ2) is 8.77. The molecule has 0 spiro atoms. The van der Waals surface area contributed by atoms with Crippen molar-refractivity contribution in [1.29, 1.82) is 0 Å². The Morgan fingerprint density at radius 3 is 2.36 bits per heavy atom. The highest BCUT2D eigenvalue weighted by atomic mass is 32.2. The molecule has 3 aromatic rings. The van der Waals surface area contributed by atoms with Crippen molar-refractivity contribution in [2.45, 2.75) is 5.37 Å². The van der Waals surface area contributed by atoms with E-state index in [1.54, 1.807) is 36.5 Å². The van der Waals surface area contributed by atoms with E-state index in [4.69, 9.17) is 9.47 Å². The van der Waals surface area contributed by atoms with Crippen LogP contribution in [0.2, 0.25) is 0 Å². The van der Waals surface area contributed by atoms with Gasteiger partial charge in [0, 0.05) is 11.6 Å². The summed E-state index contributed by atoms with van der Waals surface area (Å²) >= 11 is 1.28. The largest absolute Gasteiger partial charge is 0.457 e. The molecule has 2 aliphatic rings. The molecule has 10 heteroatoms. The third-order valence-electron chi connectivity index (χ3n) is 4.77. The lowest BCUT2D eigenvalue weighted by Gasteiger charge is -2.20.